The monoisotopic (exact) mass is 379 g/mol. The Morgan fingerprint density at radius 1 is 0.679 bits per heavy atom. The van der Waals surface area contributed by atoms with E-state index in [4.69, 9.17) is 11.6 Å². The molecule has 6 rings (SSSR count). The number of hydrogen-bond donors (Lipinski definition) is 0. The minimum absolute atomic E-state index is 0.159. The van der Waals surface area contributed by atoms with Crippen molar-refractivity contribution in [1.82, 2.24) is 0 Å². The van der Waals surface area contributed by atoms with Crippen LogP contribution in [-0.4, -0.2) is 0 Å². The van der Waals surface area contributed by atoms with E-state index in [0.717, 1.165) is 10.7 Å². The zero-order chi connectivity index (χ0) is 18.9. The van der Waals surface area contributed by atoms with Gasteiger partial charge in [-0.2, -0.15) is 0 Å². The maximum atomic E-state index is 6.36. The van der Waals surface area contributed by atoms with Crippen molar-refractivity contribution in [3.8, 4) is 11.1 Å². The Balaban J connectivity index is 1.76. The fourth-order valence-electron chi connectivity index (χ4n) is 5.16. The third-order valence-electron chi connectivity index (χ3n) is 6.29. The van der Waals surface area contributed by atoms with Gasteiger partial charge in [-0.05, 0) is 65.1 Å². The molecule has 0 amide bonds. The van der Waals surface area contributed by atoms with Crippen molar-refractivity contribution in [3.63, 3.8) is 0 Å². The Kier molecular flexibility index (Phi) is 3.14. The summed E-state index contributed by atoms with van der Waals surface area (Å²) in [6.45, 7) is 2.37. The number of benzene rings is 4. The van der Waals surface area contributed by atoms with Crippen LogP contribution in [0.2, 0.25) is 5.02 Å². The summed E-state index contributed by atoms with van der Waals surface area (Å²) in [6, 6.07) is 32.4. The summed E-state index contributed by atoms with van der Waals surface area (Å²) in [5.41, 5.74) is 10.2. The van der Waals surface area contributed by atoms with E-state index in [1.165, 1.54) is 39.2 Å². The molecule has 0 spiro atoms. The van der Waals surface area contributed by atoms with E-state index in [9.17, 15) is 0 Å². The van der Waals surface area contributed by atoms with Crippen LogP contribution in [0.4, 0.5) is 17.1 Å². The molecule has 0 radical (unpaired) electrons. The van der Waals surface area contributed by atoms with Gasteiger partial charge in [0.25, 0.3) is 0 Å². The Morgan fingerprint density at radius 2 is 1.36 bits per heavy atom. The molecule has 1 nitrogen and oxygen atoms in total. The topological polar surface area (TPSA) is 3.24 Å². The largest absolute Gasteiger partial charge is 0.310 e. The van der Waals surface area contributed by atoms with Gasteiger partial charge in [-0.25, -0.2) is 0 Å². The average Bonchev–Trinajstić information content (AvgIpc) is 3.00. The van der Waals surface area contributed by atoms with Crippen molar-refractivity contribution in [3.05, 3.63) is 113 Å². The molecule has 0 saturated carbocycles. The minimum Gasteiger partial charge on any atom is -0.310 e. The SMILES string of the molecule is CC12c3ccccc3-c3cccc(c31)N(c1cccc(Cl)c1)c1ccccc12. The number of hydrogen-bond acceptors (Lipinski definition) is 1. The lowest BCUT2D eigenvalue weighted by atomic mass is 9.70. The van der Waals surface area contributed by atoms with E-state index < -0.39 is 0 Å². The van der Waals surface area contributed by atoms with Gasteiger partial charge in [-0.3, -0.25) is 0 Å². The lowest BCUT2D eigenvalue weighted by Crippen LogP contribution is -2.32. The molecule has 1 heterocycles. The van der Waals surface area contributed by atoms with Crippen LogP contribution < -0.4 is 4.90 Å². The summed E-state index contributed by atoms with van der Waals surface area (Å²) in [6.07, 6.45) is 0. The number of rotatable bonds is 1. The summed E-state index contributed by atoms with van der Waals surface area (Å²) < 4.78 is 0. The second kappa shape index (κ2) is 5.50. The highest BCUT2D eigenvalue weighted by molar-refractivity contribution is 6.30. The van der Waals surface area contributed by atoms with Crippen LogP contribution in [-0.2, 0) is 5.41 Å². The van der Waals surface area contributed by atoms with Gasteiger partial charge in [0.2, 0.25) is 0 Å². The van der Waals surface area contributed by atoms with Crippen molar-refractivity contribution >= 4 is 28.7 Å². The molecule has 2 aliphatic rings. The van der Waals surface area contributed by atoms with E-state index in [2.05, 4.69) is 84.6 Å². The van der Waals surface area contributed by atoms with Crippen LogP contribution >= 0.6 is 11.6 Å². The molecular weight excluding hydrogens is 362 g/mol. The van der Waals surface area contributed by atoms with E-state index in [-0.39, 0.29) is 5.41 Å². The van der Waals surface area contributed by atoms with E-state index in [0.29, 0.717) is 0 Å². The summed E-state index contributed by atoms with van der Waals surface area (Å²) in [4.78, 5) is 2.35. The Hall–Kier alpha value is -3.03. The molecule has 4 aromatic carbocycles. The quantitative estimate of drug-likeness (QED) is 0.331. The molecule has 0 aromatic heterocycles. The maximum Gasteiger partial charge on any atom is 0.0512 e. The lowest BCUT2D eigenvalue weighted by Gasteiger charge is -2.42. The summed E-state index contributed by atoms with van der Waals surface area (Å²) in [7, 11) is 0. The van der Waals surface area contributed by atoms with Crippen LogP contribution in [0.1, 0.15) is 23.6 Å². The van der Waals surface area contributed by atoms with Gasteiger partial charge in [0.15, 0.2) is 0 Å². The molecular formula is C26H18ClN. The van der Waals surface area contributed by atoms with E-state index >= 15 is 0 Å². The second-order valence-corrected chi connectivity index (χ2v) is 8.14. The first-order valence-electron chi connectivity index (χ1n) is 9.58. The predicted octanol–water partition coefficient (Wildman–Crippen LogP) is 7.46. The van der Waals surface area contributed by atoms with E-state index in [1.807, 2.05) is 18.2 Å². The molecule has 1 aliphatic heterocycles. The molecule has 2 heteroatoms. The standard InChI is InChI=1S/C26H18ClN/c1-26-21-12-3-2-10-19(21)20-11-7-15-24(25(20)26)28(18-9-6-8-17(27)16-18)23-14-5-4-13-22(23)26/h2-16H,1H3. The highest BCUT2D eigenvalue weighted by Gasteiger charge is 2.47. The molecule has 28 heavy (non-hydrogen) atoms. The zero-order valence-electron chi connectivity index (χ0n) is 15.5. The number of fused-ring (bicyclic) bond motifs is 5. The van der Waals surface area contributed by atoms with Crippen molar-refractivity contribution in [2.75, 3.05) is 4.90 Å². The minimum atomic E-state index is -0.159. The highest BCUT2D eigenvalue weighted by Crippen LogP contribution is 2.61. The van der Waals surface area contributed by atoms with Gasteiger partial charge in [0.1, 0.15) is 0 Å². The van der Waals surface area contributed by atoms with Crippen molar-refractivity contribution in [2.24, 2.45) is 0 Å². The smallest absolute Gasteiger partial charge is 0.0512 e. The summed E-state index contributed by atoms with van der Waals surface area (Å²) in [5.74, 6) is 0. The average molecular weight is 380 g/mol. The third-order valence-corrected chi connectivity index (χ3v) is 6.52. The molecule has 0 fully saturated rings. The first-order valence-corrected chi connectivity index (χ1v) is 9.96. The summed E-state index contributed by atoms with van der Waals surface area (Å²) >= 11 is 6.36. The van der Waals surface area contributed by atoms with Crippen LogP contribution in [0, 0.1) is 0 Å². The first-order chi connectivity index (χ1) is 13.7. The molecule has 1 aliphatic carbocycles. The molecule has 4 aromatic rings. The van der Waals surface area contributed by atoms with Crippen LogP contribution in [0.3, 0.4) is 0 Å². The molecule has 1 unspecified atom stereocenters. The number of nitrogens with zero attached hydrogens (tertiary/aromatic N) is 1. The molecule has 134 valence electrons. The van der Waals surface area contributed by atoms with Gasteiger partial charge in [-0.1, -0.05) is 72.3 Å². The van der Waals surface area contributed by atoms with E-state index in [1.54, 1.807) is 0 Å². The number of para-hydroxylation sites is 1. The van der Waals surface area contributed by atoms with Gasteiger partial charge < -0.3 is 4.90 Å². The summed E-state index contributed by atoms with van der Waals surface area (Å²) in [5, 5.41) is 0.749. The lowest BCUT2D eigenvalue weighted by molar-refractivity contribution is 0.702. The normalized spacial score (nSPS) is 18.4. The van der Waals surface area contributed by atoms with Crippen molar-refractivity contribution in [2.45, 2.75) is 12.3 Å². The Labute approximate surface area is 169 Å². The predicted molar refractivity (Wildman–Crippen MR) is 117 cm³/mol. The van der Waals surface area contributed by atoms with Gasteiger partial charge in [-0.15, -0.1) is 0 Å². The van der Waals surface area contributed by atoms with Crippen molar-refractivity contribution < 1.29 is 0 Å². The van der Waals surface area contributed by atoms with Crippen molar-refractivity contribution in [1.29, 1.82) is 0 Å². The van der Waals surface area contributed by atoms with Gasteiger partial charge in [0, 0.05) is 16.1 Å². The van der Waals surface area contributed by atoms with Crippen LogP contribution in [0.25, 0.3) is 11.1 Å². The molecule has 1 atom stereocenters. The fourth-order valence-corrected chi connectivity index (χ4v) is 5.34. The van der Waals surface area contributed by atoms with Gasteiger partial charge >= 0.3 is 0 Å². The molecule has 0 N–H and O–H groups in total. The van der Waals surface area contributed by atoms with Crippen LogP contribution in [0.15, 0.2) is 91.0 Å². The highest BCUT2D eigenvalue weighted by atomic mass is 35.5. The maximum absolute atomic E-state index is 6.36. The third kappa shape index (κ3) is 1.87. The zero-order valence-corrected chi connectivity index (χ0v) is 16.2. The molecule has 0 bridgehead atoms. The second-order valence-electron chi connectivity index (χ2n) is 7.70. The van der Waals surface area contributed by atoms with Crippen LogP contribution in [0.5, 0.6) is 0 Å². The first kappa shape index (κ1) is 16.0. The molecule has 0 saturated heterocycles. The Morgan fingerprint density at radius 3 is 2.21 bits per heavy atom. The fraction of sp³-hybridized carbons (Fsp3) is 0.0769. The number of halogens is 1. The van der Waals surface area contributed by atoms with Gasteiger partial charge in [0.05, 0.1) is 11.4 Å². The Bertz CT molecular complexity index is 1260. The number of anilines is 3.